The Balaban J connectivity index is 3.33. The molecule has 11 nitrogen and oxygen atoms in total. The molecule has 0 spiro atoms. The Morgan fingerprint density at radius 2 is 1.43 bits per heavy atom. The Morgan fingerprint density at radius 1 is 0.886 bits per heavy atom. The lowest BCUT2D eigenvalue weighted by Gasteiger charge is -2.25. The van der Waals surface area contributed by atoms with Crippen LogP contribution >= 0.6 is 0 Å². The van der Waals surface area contributed by atoms with Crippen molar-refractivity contribution in [3.63, 3.8) is 0 Å². The summed E-state index contributed by atoms with van der Waals surface area (Å²) in [6.45, 7) is 9.98. The number of benzene rings is 1. The Labute approximate surface area is 204 Å². The molecule has 11 heteroatoms. The lowest BCUT2D eigenvalue weighted by atomic mass is 9.87. The summed E-state index contributed by atoms with van der Waals surface area (Å²) in [4.78, 5) is 47.7. The van der Waals surface area contributed by atoms with E-state index in [1.807, 2.05) is 6.92 Å². The molecule has 196 valence electrons. The van der Waals surface area contributed by atoms with Gasteiger partial charge in [-0.1, -0.05) is 13.0 Å². The van der Waals surface area contributed by atoms with Gasteiger partial charge in [0.2, 0.25) is 0 Å². The lowest BCUT2D eigenvalue weighted by Crippen LogP contribution is -2.38. The molecular formula is C24H35NO10. The molecule has 1 aromatic carbocycles. The zero-order chi connectivity index (χ0) is 26.7. The SMILES string of the molecule is CCCC(=O)OC(C)CC(c1ccc(OC(=O)OC(C)C)c(OC(=O)OC(C)C)c1)[C@H](N)C(=O)O. The molecule has 0 aromatic heterocycles. The van der Waals surface area contributed by atoms with Crippen molar-refractivity contribution in [2.75, 3.05) is 0 Å². The maximum atomic E-state index is 12.1. The zero-order valence-electron chi connectivity index (χ0n) is 20.9. The molecule has 0 aliphatic heterocycles. The molecule has 0 fully saturated rings. The van der Waals surface area contributed by atoms with Crippen LogP contribution in [0.5, 0.6) is 11.5 Å². The minimum absolute atomic E-state index is 0.0778. The number of carbonyl (C=O) groups excluding carboxylic acids is 3. The van der Waals surface area contributed by atoms with E-state index < -0.39 is 54.5 Å². The van der Waals surface area contributed by atoms with Gasteiger partial charge in [-0.25, -0.2) is 9.59 Å². The summed E-state index contributed by atoms with van der Waals surface area (Å²) in [5, 5.41) is 9.54. The molecule has 0 radical (unpaired) electrons. The van der Waals surface area contributed by atoms with Crippen molar-refractivity contribution in [1.29, 1.82) is 0 Å². The first-order chi connectivity index (χ1) is 16.3. The van der Waals surface area contributed by atoms with E-state index in [2.05, 4.69) is 0 Å². The highest BCUT2D eigenvalue weighted by molar-refractivity contribution is 5.75. The summed E-state index contributed by atoms with van der Waals surface area (Å²) in [6.07, 6.45) is -2.73. The van der Waals surface area contributed by atoms with Crippen LogP contribution in [0.15, 0.2) is 18.2 Å². The minimum atomic E-state index is -1.37. The van der Waals surface area contributed by atoms with Gasteiger partial charge in [-0.05, 0) is 65.2 Å². The first kappa shape index (κ1) is 29.7. The topological polar surface area (TPSA) is 161 Å². The highest BCUT2D eigenvalue weighted by Gasteiger charge is 2.30. The van der Waals surface area contributed by atoms with Crippen molar-refractivity contribution in [2.24, 2.45) is 5.73 Å². The molecule has 0 saturated heterocycles. The fourth-order valence-electron chi connectivity index (χ4n) is 3.09. The molecule has 3 N–H and O–H groups in total. The maximum absolute atomic E-state index is 12.1. The van der Waals surface area contributed by atoms with E-state index in [0.29, 0.717) is 12.0 Å². The molecule has 3 atom stereocenters. The van der Waals surface area contributed by atoms with Crippen LogP contribution in [0, 0.1) is 0 Å². The van der Waals surface area contributed by atoms with Crippen LogP contribution in [-0.2, 0) is 23.8 Å². The van der Waals surface area contributed by atoms with E-state index in [1.54, 1.807) is 34.6 Å². The van der Waals surface area contributed by atoms with Gasteiger partial charge in [-0.15, -0.1) is 0 Å². The predicted molar refractivity (Wildman–Crippen MR) is 124 cm³/mol. The molecule has 0 saturated carbocycles. The summed E-state index contributed by atoms with van der Waals surface area (Å²) in [6, 6.07) is 2.76. The third-order valence-electron chi connectivity index (χ3n) is 4.54. The maximum Gasteiger partial charge on any atom is 0.514 e. The van der Waals surface area contributed by atoms with Gasteiger partial charge in [-0.3, -0.25) is 9.59 Å². The normalized spacial score (nSPS) is 13.5. The molecule has 1 rings (SSSR count). The lowest BCUT2D eigenvalue weighted by molar-refractivity contribution is -0.148. The van der Waals surface area contributed by atoms with E-state index in [1.165, 1.54) is 18.2 Å². The number of rotatable bonds is 12. The molecule has 35 heavy (non-hydrogen) atoms. The zero-order valence-corrected chi connectivity index (χ0v) is 20.9. The molecule has 0 amide bonds. The number of hydrogen-bond acceptors (Lipinski definition) is 10. The summed E-state index contributed by atoms with van der Waals surface area (Å²) in [5.74, 6) is -2.87. The number of nitrogens with two attached hydrogens (primary N) is 1. The second-order valence-electron chi connectivity index (χ2n) is 8.50. The molecule has 2 unspecified atom stereocenters. The number of ether oxygens (including phenoxy) is 5. The Hall–Kier alpha value is -3.34. The van der Waals surface area contributed by atoms with E-state index in [0.717, 1.165) is 0 Å². The standard InChI is InChI=1S/C24H35NO10/c1-7-8-20(26)33-15(6)11-17(21(25)22(27)28)16-9-10-18(34-23(29)31-13(2)3)19(12-16)35-24(30)32-14(4)5/h9-10,12-15,17,21H,7-8,11,25H2,1-6H3,(H,27,28)/t15?,17?,21-/m0/s1. The third-order valence-corrected chi connectivity index (χ3v) is 4.54. The van der Waals surface area contributed by atoms with Crippen LogP contribution < -0.4 is 15.2 Å². The summed E-state index contributed by atoms with van der Waals surface area (Å²) in [7, 11) is 0. The molecule has 0 bridgehead atoms. The van der Waals surface area contributed by atoms with Gasteiger partial charge in [0.05, 0.1) is 18.3 Å². The fraction of sp³-hybridized carbons (Fsp3) is 0.583. The highest BCUT2D eigenvalue weighted by Crippen LogP contribution is 2.35. The second-order valence-corrected chi connectivity index (χ2v) is 8.50. The first-order valence-corrected chi connectivity index (χ1v) is 11.4. The van der Waals surface area contributed by atoms with Crippen LogP contribution in [0.4, 0.5) is 9.59 Å². The van der Waals surface area contributed by atoms with E-state index in [4.69, 9.17) is 29.4 Å². The van der Waals surface area contributed by atoms with Crippen molar-refractivity contribution in [2.45, 2.75) is 91.1 Å². The summed E-state index contributed by atoms with van der Waals surface area (Å²) < 4.78 is 25.7. The third kappa shape index (κ3) is 10.6. The Kier molecular flexibility index (Phi) is 12.0. The van der Waals surface area contributed by atoms with Gasteiger partial charge in [0.15, 0.2) is 11.5 Å². The Bertz CT molecular complexity index is 883. The number of hydrogen-bond donors (Lipinski definition) is 2. The van der Waals surface area contributed by atoms with Crippen LogP contribution in [-0.4, -0.2) is 53.7 Å². The second kappa shape index (κ2) is 14.1. The molecule has 0 aliphatic carbocycles. The Morgan fingerprint density at radius 3 is 1.91 bits per heavy atom. The number of carboxylic acids is 1. The molecule has 1 aromatic rings. The van der Waals surface area contributed by atoms with Crippen molar-refractivity contribution >= 4 is 24.2 Å². The monoisotopic (exact) mass is 497 g/mol. The highest BCUT2D eigenvalue weighted by atomic mass is 16.7. The van der Waals surface area contributed by atoms with Gasteiger partial charge < -0.3 is 34.5 Å². The molecular weight excluding hydrogens is 462 g/mol. The fourth-order valence-corrected chi connectivity index (χ4v) is 3.09. The number of carbonyl (C=O) groups is 4. The van der Waals surface area contributed by atoms with Crippen molar-refractivity contribution in [1.82, 2.24) is 0 Å². The number of esters is 1. The number of carboxylic acid groups (broad SMARTS) is 1. The molecule has 0 heterocycles. The smallest absolute Gasteiger partial charge is 0.480 e. The van der Waals surface area contributed by atoms with Gasteiger partial charge >= 0.3 is 24.2 Å². The largest absolute Gasteiger partial charge is 0.514 e. The van der Waals surface area contributed by atoms with Crippen LogP contribution in [0.3, 0.4) is 0 Å². The van der Waals surface area contributed by atoms with Gasteiger partial charge in [0.1, 0.15) is 6.04 Å². The van der Waals surface area contributed by atoms with Gasteiger partial charge in [-0.2, -0.15) is 0 Å². The van der Waals surface area contributed by atoms with Crippen LogP contribution in [0.25, 0.3) is 0 Å². The van der Waals surface area contributed by atoms with Crippen LogP contribution in [0.2, 0.25) is 0 Å². The van der Waals surface area contributed by atoms with E-state index >= 15 is 0 Å². The summed E-state index contributed by atoms with van der Waals surface area (Å²) in [5.41, 5.74) is 6.30. The quantitative estimate of drug-likeness (QED) is 0.242. The number of aliphatic carboxylic acids is 1. The van der Waals surface area contributed by atoms with Gasteiger partial charge in [0.25, 0.3) is 0 Å². The minimum Gasteiger partial charge on any atom is -0.480 e. The van der Waals surface area contributed by atoms with Crippen molar-refractivity contribution in [3.8, 4) is 11.5 Å². The summed E-state index contributed by atoms with van der Waals surface area (Å²) >= 11 is 0. The van der Waals surface area contributed by atoms with Crippen molar-refractivity contribution in [3.05, 3.63) is 23.8 Å². The average molecular weight is 498 g/mol. The molecule has 0 aliphatic rings. The average Bonchev–Trinajstić information content (AvgIpc) is 2.71. The van der Waals surface area contributed by atoms with E-state index in [9.17, 15) is 24.3 Å². The van der Waals surface area contributed by atoms with E-state index in [-0.39, 0.29) is 24.3 Å². The van der Waals surface area contributed by atoms with Crippen molar-refractivity contribution < 1.29 is 48.0 Å². The van der Waals surface area contributed by atoms with Crippen LogP contribution in [0.1, 0.15) is 72.3 Å². The predicted octanol–water partition coefficient (Wildman–Crippen LogP) is 4.15. The first-order valence-electron chi connectivity index (χ1n) is 11.4. The van der Waals surface area contributed by atoms with Gasteiger partial charge in [0, 0.05) is 12.3 Å².